The lowest BCUT2D eigenvalue weighted by molar-refractivity contribution is -0.119. The average Bonchev–Trinajstić information content (AvgIpc) is 2.84. The van der Waals surface area contributed by atoms with Crippen molar-refractivity contribution in [3.8, 4) is 0 Å². The second-order valence-electron chi connectivity index (χ2n) is 7.48. The molecule has 0 aliphatic carbocycles. The van der Waals surface area contributed by atoms with E-state index in [2.05, 4.69) is 5.32 Å². The molecule has 3 aromatic rings. The van der Waals surface area contributed by atoms with Gasteiger partial charge in [0.25, 0.3) is 21.5 Å². The minimum Gasteiger partial charge on any atom is -0.452 e. The van der Waals surface area contributed by atoms with E-state index in [9.17, 15) is 32.0 Å². The molecule has 14 heteroatoms. The van der Waals surface area contributed by atoms with Crippen LogP contribution in [0, 0.1) is 5.82 Å². The first kappa shape index (κ1) is 26.6. The summed E-state index contributed by atoms with van der Waals surface area (Å²) >= 11 is 6.04. The predicted octanol–water partition coefficient (Wildman–Crippen LogP) is 1.50. The molecule has 11 nitrogen and oxygen atoms in total. The second-order valence-corrected chi connectivity index (χ2v) is 9.86. The zero-order valence-corrected chi connectivity index (χ0v) is 20.8. The Balaban J connectivity index is 1.76. The van der Waals surface area contributed by atoms with Crippen molar-refractivity contribution in [1.29, 1.82) is 0 Å². The lowest BCUT2D eigenvalue weighted by Crippen LogP contribution is -2.38. The van der Waals surface area contributed by atoms with Crippen molar-refractivity contribution in [3.63, 3.8) is 0 Å². The molecule has 0 bridgehead atoms. The third-order valence-electron chi connectivity index (χ3n) is 5.13. The zero-order chi connectivity index (χ0) is 26.8. The van der Waals surface area contributed by atoms with Crippen LogP contribution >= 0.6 is 11.6 Å². The molecule has 0 spiro atoms. The summed E-state index contributed by atoms with van der Waals surface area (Å²) in [4.78, 5) is 48.2. The van der Waals surface area contributed by atoms with Crippen LogP contribution in [0.4, 0.5) is 15.9 Å². The third kappa shape index (κ3) is 5.47. The summed E-state index contributed by atoms with van der Waals surface area (Å²) in [5.41, 5.74) is -1.47. The molecule has 0 aliphatic rings. The molecule has 2 aromatic carbocycles. The summed E-state index contributed by atoms with van der Waals surface area (Å²) < 4.78 is 46.9. The van der Waals surface area contributed by atoms with E-state index in [0.717, 1.165) is 37.7 Å². The fourth-order valence-electron chi connectivity index (χ4n) is 3.01. The molecular formula is C22H20ClFN4O7S. The zero-order valence-electron chi connectivity index (χ0n) is 19.2. The van der Waals surface area contributed by atoms with Gasteiger partial charge in [-0.25, -0.2) is 22.4 Å². The number of esters is 1. The van der Waals surface area contributed by atoms with Gasteiger partial charge in [0.05, 0.1) is 21.2 Å². The van der Waals surface area contributed by atoms with Crippen LogP contribution in [-0.4, -0.2) is 43.1 Å². The van der Waals surface area contributed by atoms with E-state index < -0.39 is 45.6 Å². The molecule has 0 atom stereocenters. The number of amides is 1. The first-order valence-electron chi connectivity index (χ1n) is 10.1. The maximum absolute atomic E-state index is 13.2. The molecular weight excluding hydrogens is 519 g/mol. The maximum atomic E-state index is 13.2. The molecule has 0 unspecified atom stereocenters. The molecule has 0 fully saturated rings. The lowest BCUT2D eigenvalue weighted by Gasteiger charge is -2.20. The summed E-state index contributed by atoms with van der Waals surface area (Å²) in [6, 6.07) is 9.11. The average molecular weight is 539 g/mol. The van der Waals surface area contributed by atoms with E-state index >= 15 is 0 Å². The monoisotopic (exact) mass is 538 g/mol. The van der Waals surface area contributed by atoms with E-state index in [-0.39, 0.29) is 27.0 Å². The number of aromatic nitrogens is 2. The number of ether oxygens (including phenoxy) is 1. The fourth-order valence-corrected chi connectivity index (χ4v) is 4.43. The number of hydrogen-bond donors (Lipinski definition) is 1. The quantitative estimate of drug-likeness (QED) is 0.450. The molecule has 0 saturated carbocycles. The van der Waals surface area contributed by atoms with Gasteiger partial charge in [0.15, 0.2) is 6.61 Å². The molecule has 1 N–H and O–H groups in total. The van der Waals surface area contributed by atoms with Crippen LogP contribution in [0.25, 0.3) is 0 Å². The molecule has 36 heavy (non-hydrogen) atoms. The Kier molecular flexibility index (Phi) is 7.65. The highest BCUT2D eigenvalue weighted by Gasteiger charge is 2.25. The van der Waals surface area contributed by atoms with Crippen LogP contribution in [0.5, 0.6) is 0 Å². The Morgan fingerprint density at radius 3 is 2.33 bits per heavy atom. The van der Waals surface area contributed by atoms with Gasteiger partial charge in [-0.3, -0.25) is 23.0 Å². The van der Waals surface area contributed by atoms with Crippen molar-refractivity contribution in [2.24, 2.45) is 14.1 Å². The van der Waals surface area contributed by atoms with Crippen LogP contribution in [0.2, 0.25) is 5.02 Å². The number of hydrogen-bond acceptors (Lipinski definition) is 7. The second kappa shape index (κ2) is 10.3. The minimum absolute atomic E-state index is 0.112. The summed E-state index contributed by atoms with van der Waals surface area (Å²) in [7, 11) is -0.308. The van der Waals surface area contributed by atoms with Gasteiger partial charge in [-0.1, -0.05) is 11.6 Å². The SMILES string of the molecule is CN(c1ccc(F)cc1)S(=O)(=O)c1ccc(Cl)c(C(=O)OCC(=O)Nc2cc(=O)n(C)c(=O)n2C)c1. The van der Waals surface area contributed by atoms with Gasteiger partial charge in [0.1, 0.15) is 11.6 Å². The van der Waals surface area contributed by atoms with Gasteiger partial charge >= 0.3 is 11.7 Å². The highest BCUT2D eigenvalue weighted by Crippen LogP contribution is 2.26. The van der Waals surface area contributed by atoms with Crippen molar-refractivity contribution < 1.29 is 27.1 Å². The Hall–Kier alpha value is -3.97. The van der Waals surface area contributed by atoms with Gasteiger partial charge in [-0.05, 0) is 42.5 Å². The van der Waals surface area contributed by atoms with Gasteiger partial charge in [0, 0.05) is 27.2 Å². The normalized spacial score (nSPS) is 11.1. The first-order chi connectivity index (χ1) is 16.8. The predicted molar refractivity (Wildman–Crippen MR) is 129 cm³/mol. The summed E-state index contributed by atoms with van der Waals surface area (Å²) in [6.07, 6.45) is 0. The fraction of sp³-hybridized carbons (Fsp3) is 0.182. The van der Waals surface area contributed by atoms with Crippen LogP contribution in [0.1, 0.15) is 10.4 Å². The molecule has 3 rings (SSSR count). The Morgan fingerprint density at radius 2 is 1.69 bits per heavy atom. The van der Waals surface area contributed by atoms with Crippen molar-refractivity contribution in [2.75, 3.05) is 23.3 Å². The third-order valence-corrected chi connectivity index (χ3v) is 7.25. The number of nitrogens with one attached hydrogen (secondary N) is 1. The number of carbonyl (C=O) groups excluding carboxylic acids is 2. The van der Waals surface area contributed by atoms with Gasteiger partial charge in [0.2, 0.25) is 0 Å². The number of anilines is 2. The number of halogens is 2. The van der Waals surface area contributed by atoms with E-state index in [0.29, 0.717) is 0 Å². The number of rotatable bonds is 7. The largest absolute Gasteiger partial charge is 0.452 e. The smallest absolute Gasteiger partial charge is 0.340 e. The molecule has 190 valence electrons. The van der Waals surface area contributed by atoms with Crippen LogP contribution < -0.4 is 20.9 Å². The van der Waals surface area contributed by atoms with Crippen molar-refractivity contribution >= 4 is 45.0 Å². The number of benzene rings is 2. The Morgan fingerprint density at radius 1 is 1.06 bits per heavy atom. The highest BCUT2D eigenvalue weighted by molar-refractivity contribution is 7.92. The molecule has 1 aromatic heterocycles. The van der Waals surface area contributed by atoms with Gasteiger partial charge in [-0.2, -0.15) is 0 Å². The van der Waals surface area contributed by atoms with Crippen LogP contribution in [0.15, 0.2) is 63.0 Å². The molecule has 1 heterocycles. The van der Waals surface area contributed by atoms with Gasteiger partial charge < -0.3 is 10.1 Å². The van der Waals surface area contributed by atoms with E-state index in [1.807, 2.05) is 0 Å². The maximum Gasteiger partial charge on any atom is 0.340 e. The summed E-state index contributed by atoms with van der Waals surface area (Å²) in [6.45, 7) is -0.814. The minimum atomic E-state index is -4.16. The standard InChI is InChI=1S/C22H20ClFN4O7S/c1-26-18(11-20(30)27(2)22(26)32)25-19(29)12-35-21(31)16-10-15(8-9-17(16)23)36(33,34)28(3)14-6-4-13(24)5-7-14/h4-11H,12H2,1-3H3,(H,25,29). The number of carbonyl (C=O) groups is 2. The Labute approximate surface area is 209 Å². The van der Waals surface area contributed by atoms with Gasteiger partial charge in [-0.15, -0.1) is 0 Å². The molecule has 0 radical (unpaired) electrons. The number of sulfonamides is 1. The number of nitrogens with zero attached hydrogens (tertiary/aromatic N) is 3. The molecule has 0 aliphatic heterocycles. The topological polar surface area (TPSA) is 137 Å². The van der Waals surface area contributed by atoms with Crippen molar-refractivity contribution in [1.82, 2.24) is 9.13 Å². The lowest BCUT2D eigenvalue weighted by atomic mass is 10.2. The van der Waals surface area contributed by atoms with Crippen LogP contribution in [0.3, 0.4) is 0 Å². The van der Waals surface area contributed by atoms with Crippen molar-refractivity contribution in [2.45, 2.75) is 4.90 Å². The first-order valence-corrected chi connectivity index (χ1v) is 11.9. The van der Waals surface area contributed by atoms with Crippen molar-refractivity contribution in [3.05, 3.63) is 85.8 Å². The van der Waals surface area contributed by atoms with E-state index in [1.165, 1.54) is 45.4 Å². The van der Waals surface area contributed by atoms with E-state index in [1.54, 1.807) is 0 Å². The Bertz CT molecular complexity index is 1570. The summed E-state index contributed by atoms with van der Waals surface area (Å²) in [5.74, 6) is -2.60. The van der Waals surface area contributed by atoms with Crippen LogP contribution in [-0.2, 0) is 33.7 Å². The highest BCUT2D eigenvalue weighted by atomic mass is 35.5. The summed E-state index contributed by atoms with van der Waals surface area (Å²) in [5, 5.41) is 2.16. The molecule has 0 saturated heterocycles. The van der Waals surface area contributed by atoms with E-state index in [4.69, 9.17) is 16.3 Å². The molecule has 1 amide bonds.